The normalized spacial score (nSPS) is 20.2. The summed E-state index contributed by atoms with van der Waals surface area (Å²) < 4.78 is 15.2. The Bertz CT molecular complexity index is 783. The first-order chi connectivity index (χ1) is 12.5. The summed E-state index contributed by atoms with van der Waals surface area (Å²) in [5, 5.41) is 10.7. The quantitative estimate of drug-likeness (QED) is 0.354. The van der Waals surface area contributed by atoms with Crippen molar-refractivity contribution in [3.05, 3.63) is 33.9 Å². The predicted octanol–water partition coefficient (Wildman–Crippen LogP) is 3.29. The lowest BCUT2D eigenvalue weighted by atomic mass is 9.92. The zero-order valence-corrected chi connectivity index (χ0v) is 15.7. The molecule has 6 nitrogen and oxygen atoms in total. The van der Waals surface area contributed by atoms with Crippen LogP contribution in [0.2, 0.25) is 0 Å². The molecule has 0 spiro atoms. The number of carbonyl (C=O) groups is 2. The van der Waals surface area contributed by atoms with E-state index in [0.29, 0.717) is 36.1 Å². The van der Waals surface area contributed by atoms with Gasteiger partial charge in [0.2, 0.25) is 0 Å². The van der Waals surface area contributed by atoms with Crippen LogP contribution in [-0.4, -0.2) is 24.2 Å². The molecular formula is C19H22O6S. The molecule has 1 unspecified atom stereocenters. The van der Waals surface area contributed by atoms with Gasteiger partial charge in [0.25, 0.3) is 0 Å². The number of benzene rings is 1. The number of hydrogen-bond acceptors (Lipinski definition) is 7. The van der Waals surface area contributed by atoms with E-state index in [0.717, 1.165) is 24.0 Å². The number of thiol groups is 1. The third-order valence-electron chi connectivity index (χ3n) is 5.19. The number of cyclic esters (lactones) is 1. The van der Waals surface area contributed by atoms with Crippen LogP contribution in [0, 0.1) is 5.92 Å². The first kappa shape index (κ1) is 18.6. The summed E-state index contributed by atoms with van der Waals surface area (Å²) in [5.74, 6) is -0.455. The molecule has 140 valence electrons. The Morgan fingerprint density at radius 3 is 2.85 bits per heavy atom. The number of phenols is 1. The molecule has 1 N–H and O–H groups in total. The molecule has 0 radical (unpaired) electrons. The van der Waals surface area contributed by atoms with Crippen molar-refractivity contribution >= 4 is 24.8 Å². The van der Waals surface area contributed by atoms with E-state index in [2.05, 4.69) is 17.1 Å². The van der Waals surface area contributed by atoms with Gasteiger partial charge < -0.3 is 18.8 Å². The average molecular weight is 378 g/mol. The second kappa shape index (κ2) is 7.61. The molecule has 1 atom stereocenters. The zero-order chi connectivity index (χ0) is 18.8. The van der Waals surface area contributed by atoms with Gasteiger partial charge in [-0.3, -0.25) is 4.79 Å². The summed E-state index contributed by atoms with van der Waals surface area (Å²) in [6, 6.07) is 0. The number of rotatable bonds is 5. The SMILES string of the molecule is CCc1c2c(c(O)c(C/C=C3\CCC(C(=O)OS)C3)c1OC)C(=O)OC2. The van der Waals surface area contributed by atoms with Gasteiger partial charge in [0.1, 0.15) is 23.7 Å². The Morgan fingerprint density at radius 2 is 2.19 bits per heavy atom. The minimum atomic E-state index is -0.499. The van der Waals surface area contributed by atoms with Crippen LogP contribution in [0.15, 0.2) is 11.6 Å². The molecule has 0 saturated heterocycles. The van der Waals surface area contributed by atoms with Crippen molar-refractivity contribution in [3.8, 4) is 11.5 Å². The number of esters is 1. The summed E-state index contributed by atoms with van der Waals surface area (Å²) in [5.41, 5.74) is 3.55. The van der Waals surface area contributed by atoms with Crippen LogP contribution in [0.1, 0.15) is 53.2 Å². The predicted molar refractivity (Wildman–Crippen MR) is 97.4 cm³/mol. The summed E-state index contributed by atoms with van der Waals surface area (Å²) >= 11 is 3.57. The molecule has 1 aromatic rings. The molecule has 1 aromatic carbocycles. The molecule has 2 aliphatic rings. The Kier molecular flexibility index (Phi) is 5.46. The molecule has 1 fully saturated rings. The molecule has 0 amide bonds. The van der Waals surface area contributed by atoms with E-state index in [9.17, 15) is 14.7 Å². The van der Waals surface area contributed by atoms with Crippen molar-refractivity contribution in [1.82, 2.24) is 0 Å². The van der Waals surface area contributed by atoms with E-state index >= 15 is 0 Å². The van der Waals surface area contributed by atoms with Crippen molar-refractivity contribution in [1.29, 1.82) is 0 Å². The Balaban J connectivity index is 1.93. The summed E-state index contributed by atoms with van der Waals surface area (Å²) in [4.78, 5) is 23.6. The van der Waals surface area contributed by atoms with Crippen molar-refractivity contribution in [2.24, 2.45) is 5.92 Å². The molecule has 1 heterocycles. The molecular weight excluding hydrogens is 356 g/mol. The number of phenolic OH excluding ortho intramolecular Hbond substituents is 1. The molecule has 0 bridgehead atoms. The fourth-order valence-electron chi connectivity index (χ4n) is 3.86. The first-order valence-electron chi connectivity index (χ1n) is 8.65. The van der Waals surface area contributed by atoms with Crippen LogP contribution < -0.4 is 4.74 Å². The Morgan fingerprint density at radius 1 is 1.42 bits per heavy atom. The Labute approximate surface area is 157 Å². The first-order valence-corrected chi connectivity index (χ1v) is 9.02. The molecule has 1 aliphatic carbocycles. The number of methoxy groups -OCH3 is 1. The molecule has 26 heavy (non-hydrogen) atoms. The molecule has 7 heteroatoms. The lowest BCUT2D eigenvalue weighted by Gasteiger charge is -2.17. The smallest absolute Gasteiger partial charge is 0.342 e. The van der Waals surface area contributed by atoms with E-state index < -0.39 is 5.97 Å². The van der Waals surface area contributed by atoms with Crippen molar-refractivity contribution < 1.29 is 28.4 Å². The lowest BCUT2D eigenvalue weighted by molar-refractivity contribution is -0.137. The van der Waals surface area contributed by atoms with E-state index in [-0.39, 0.29) is 29.8 Å². The summed E-state index contributed by atoms with van der Waals surface area (Å²) in [6.45, 7) is 2.14. The van der Waals surface area contributed by atoms with Gasteiger partial charge in [0, 0.05) is 29.6 Å². The highest BCUT2D eigenvalue weighted by molar-refractivity contribution is 7.75. The molecule has 0 aromatic heterocycles. The fraction of sp³-hybridized carbons (Fsp3) is 0.474. The third kappa shape index (κ3) is 3.16. The van der Waals surface area contributed by atoms with Gasteiger partial charge in [-0.05, 0) is 32.1 Å². The number of hydrogen-bond donors (Lipinski definition) is 2. The number of carbonyl (C=O) groups excluding carboxylic acids is 2. The number of fused-ring (bicyclic) bond motifs is 1. The van der Waals surface area contributed by atoms with E-state index in [1.807, 2.05) is 13.0 Å². The van der Waals surface area contributed by atoms with Gasteiger partial charge in [-0.1, -0.05) is 18.6 Å². The second-order valence-electron chi connectivity index (χ2n) is 6.54. The van der Waals surface area contributed by atoms with Gasteiger partial charge in [-0.2, -0.15) is 0 Å². The highest BCUT2D eigenvalue weighted by Gasteiger charge is 2.33. The van der Waals surface area contributed by atoms with Crippen LogP contribution in [0.25, 0.3) is 0 Å². The van der Waals surface area contributed by atoms with E-state index in [4.69, 9.17) is 9.47 Å². The fourth-order valence-corrected chi connectivity index (χ4v) is 4.01. The standard InChI is InChI=1S/C19H22O6S/c1-3-12-14-9-24-19(22)15(14)16(20)13(17(12)23-2)7-5-10-4-6-11(8-10)18(21)25-26/h5,11,20,26H,3-4,6-9H2,1-2H3/b10-5+. The molecule has 3 rings (SSSR count). The number of aromatic hydroxyl groups is 1. The minimum Gasteiger partial charge on any atom is -0.507 e. The van der Waals surface area contributed by atoms with Crippen molar-refractivity contribution in [2.45, 2.75) is 45.6 Å². The van der Waals surface area contributed by atoms with Crippen LogP contribution in [-0.2, 0) is 33.2 Å². The monoisotopic (exact) mass is 378 g/mol. The zero-order valence-electron chi connectivity index (χ0n) is 14.8. The van der Waals surface area contributed by atoms with E-state index in [1.54, 1.807) is 7.11 Å². The highest BCUT2D eigenvalue weighted by atomic mass is 32.1. The maximum atomic E-state index is 12.0. The third-order valence-corrected chi connectivity index (χ3v) is 5.37. The van der Waals surface area contributed by atoms with Crippen LogP contribution >= 0.6 is 12.9 Å². The van der Waals surface area contributed by atoms with Gasteiger partial charge in [0.05, 0.1) is 13.0 Å². The Hall–Kier alpha value is -2.15. The minimum absolute atomic E-state index is 0.0716. The largest absolute Gasteiger partial charge is 0.507 e. The van der Waals surface area contributed by atoms with Crippen LogP contribution in [0.5, 0.6) is 11.5 Å². The summed E-state index contributed by atoms with van der Waals surface area (Å²) in [6.07, 6.45) is 5.23. The maximum Gasteiger partial charge on any atom is 0.342 e. The second-order valence-corrected chi connectivity index (χ2v) is 6.72. The lowest BCUT2D eigenvalue weighted by Crippen LogP contribution is -2.09. The van der Waals surface area contributed by atoms with Crippen molar-refractivity contribution in [2.75, 3.05) is 7.11 Å². The van der Waals surface area contributed by atoms with Gasteiger partial charge in [-0.25, -0.2) is 4.79 Å². The van der Waals surface area contributed by atoms with Crippen LogP contribution in [0.3, 0.4) is 0 Å². The highest BCUT2D eigenvalue weighted by Crippen LogP contribution is 2.43. The van der Waals surface area contributed by atoms with Crippen molar-refractivity contribution in [3.63, 3.8) is 0 Å². The summed E-state index contributed by atoms with van der Waals surface area (Å²) in [7, 11) is 1.56. The van der Waals surface area contributed by atoms with Gasteiger partial charge in [0.15, 0.2) is 0 Å². The van der Waals surface area contributed by atoms with Gasteiger partial charge >= 0.3 is 11.9 Å². The van der Waals surface area contributed by atoms with Gasteiger partial charge in [-0.15, -0.1) is 0 Å². The topological polar surface area (TPSA) is 82.1 Å². The number of ether oxygens (including phenoxy) is 2. The number of allylic oxidation sites excluding steroid dienone is 2. The maximum absolute atomic E-state index is 12.0. The molecule has 1 saturated carbocycles. The van der Waals surface area contributed by atoms with E-state index in [1.165, 1.54) is 0 Å². The average Bonchev–Trinajstić information content (AvgIpc) is 3.27. The molecule has 1 aliphatic heterocycles. The van der Waals surface area contributed by atoms with Crippen LogP contribution in [0.4, 0.5) is 0 Å².